The van der Waals surface area contributed by atoms with Gasteiger partial charge in [0.2, 0.25) is 5.91 Å². The van der Waals surface area contributed by atoms with Crippen LogP contribution in [-0.4, -0.2) is 12.5 Å². The molecule has 2 heteroatoms. The van der Waals surface area contributed by atoms with E-state index in [2.05, 4.69) is 53.8 Å². The molecule has 1 N–H and O–H groups in total. The molecule has 102 valence electrons. The van der Waals surface area contributed by atoms with Crippen LogP contribution in [0.25, 0.3) is 0 Å². The number of hydrogen-bond donors (Lipinski definition) is 1. The Labute approximate surface area is 108 Å². The first-order valence-electron chi connectivity index (χ1n) is 6.70. The minimum absolute atomic E-state index is 0.0941. The summed E-state index contributed by atoms with van der Waals surface area (Å²) >= 11 is 0. The summed E-state index contributed by atoms with van der Waals surface area (Å²) < 4.78 is 0. The van der Waals surface area contributed by atoms with Crippen LogP contribution in [0.4, 0.5) is 0 Å². The molecule has 1 amide bonds. The van der Waals surface area contributed by atoms with Crippen molar-refractivity contribution in [1.29, 1.82) is 0 Å². The Morgan fingerprint density at radius 2 is 1.47 bits per heavy atom. The lowest BCUT2D eigenvalue weighted by Gasteiger charge is -2.28. The Bertz CT molecular complexity index is 245. The highest BCUT2D eigenvalue weighted by molar-refractivity contribution is 5.78. The Kier molecular flexibility index (Phi) is 5.70. The van der Waals surface area contributed by atoms with Gasteiger partial charge in [-0.1, -0.05) is 55.4 Å². The van der Waals surface area contributed by atoms with Crippen LogP contribution in [0.5, 0.6) is 0 Å². The Morgan fingerprint density at radius 3 is 1.82 bits per heavy atom. The lowest BCUT2D eigenvalue weighted by Crippen LogP contribution is -2.38. The summed E-state index contributed by atoms with van der Waals surface area (Å²) in [5.41, 5.74) is 0.445. The molecule has 0 aliphatic heterocycles. The van der Waals surface area contributed by atoms with Gasteiger partial charge >= 0.3 is 0 Å². The number of rotatable bonds is 4. The molecule has 0 saturated heterocycles. The van der Waals surface area contributed by atoms with E-state index in [0.717, 1.165) is 13.0 Å². The molecule has 0 aliphatic rings. The zero-order valence-electron chi connectivity index (χ0n) is 13.0. The van der Waals surface area contributed by atoms with E-state index in [1.54, 1.807) is 0 Å². The van der Waals surface area contributed by atoms with Crippen molar-refractivity contribution in [3.63, 3.8) is 0 Å². The normalized spacial score (nSPS) is 16.5. The van der Waals surface area contributed by atoms with Gasteiger partial charge in [0.25, 0.3) is 0 Å². The minimum atomic E-state index is 0.0941. The predicted molar refractivity (Wildman–Crippen MR) is 74.9 cm³/mol. The van der Waals surface area contributed by atoms with Gasteiger partial charge in [-0.25, -0.2) is 0 Å². The van der Waals surface area contributed by atoms with E-state index in [0.29, 0.717) is 5.92 Å². The molecule has 0 aromatic carbocycles. The molecule has 0 saturated carbocycles. The van der Waals surface area contributed by atoms with Crippen molar-refractivity contribution in [2.24, 2.45) is 22.7 Å². The van der Waals surface area contributed by atoms with Crippen LogP contribution in [0.1, 0.15) is 61.8 Å². The maximum atomic E-state index is 12.0. The number of carbonyl (C=O) groups is 1. The third-order valence-corrected chi connectivity index (χ3v) is 2.99. The topological polar surface area (TPSA) is 29.1 Å². The zero-order valence-corrected chi connectivity index (χ0v) is 13.0. The molecular weight excluding hydrogens is 210 g/mol. The highest BCUT2D eigenvalue weighted by Gasteiger charge is 2.25. The largest absolute Gasteiger partial charge is 0.355 e. The zero-order chi connectivity index (χ0) is 13.9. The molecule has 0 spiro atoms. The fraction of sp³-hybridized carbons (Fsp3) is 0.933. The highest BCUT2D eigenvalue weighted by Crippen LogP contribution is 2.28. The molecule has 2 unspecified atom stereocenters. The molecule has 0 aromatic rings. The fourth-order valence-electron chi connectivity index (χ4n) is 1.91. The second-order valence-corrected chi connectivity index (χ2v) is 7.81. The van der Waals surface area contributed by atoms with Gasteiger partial charge in [0.15, 0.2) is 0 Å². The number of amides is 1. The summed E-state index contributed by atoms with van der Waals surface area (Å²) in [6, 6.07) is 0. The first kappa shape index (κ1) is 16.5. The summed E-state index contributed by atoms with van der Waals surface area (Å²) in [7, 11) is 0. The summed E-state index contributed by atoms with van der Waals surface area (Å²) in [5.74, 6) is 0.711. The van der Waals surface area contributed by atoms with Crippen LogP contribution >= 0.6 is 0 Å². The average Bonchev–Trinajstić information content (AvgIpc) is 2.08. The SMILES string of the molecule is CC(CC(C)(C)C)C(C)C(=O)NCC(C)(C)C. The molecule has 0 fully saturated rings. The van der Waals surface area contributed by atoms with Gasteiger partial charge in [0, 0.05) is 12.5 Å². The van der Waals surface area contributed by atoms with Gasteiger partial charge in [0.1, 0.15) is 0 Å². The van der Waals surface area contributed by atoms with Crippen molar-refractivity contribution in [2.75, 3.05) is 6.54 Å². The quantitative estimate of drug-likeness (QED) is 0.795. The lowest BCUT2D eigenvalue weighted by atomic mass is 9.80. The standard InChI is InChI=1S/C15H31NO/c1-11(9-14(3,4)5)12(2)13(17)16-10-15(6,7)8/h11-12H,9-10H2,1-8H3,(H,16,17). The molecule has 0 bridgehead atoms. The maximum Gasteiger partial charge on any atom is 0.223 e. The van der Waals surface area contributed by atoms with Gasteiger partial charge in [-0.05, 0) is 23.2 Å². The first-order valence-corrected chi connectivity index (χ1v) is 6.70. The van der Waals surface area contributed by atoms with Crippen molar-refractivity contribution in [3.8, 4) is 0 Å². The maximum absolute atomic E-state index is 12.0. The summed E-state index contributed by atoms with van der Waals surface area (Å²) in [5, 5.41) is 3.05. The van der Waals surface area contributed by atoms with Crippen LogP contribution in [-0.2, 0) is 4.79 Å². The first-order chi connectivity index (χ1) is 7.42. The molecule has 17 heavy (non-hydrogen) atoms. The van der Waals surface area contributed by atoms with Crippen molar-refractivity contribution < 1.29 is 4.79 Å². The number of nitrogens with one attached hydrogen (secondary N) is 1. The fourth-order valence-corrected chi connectivity index (χ4v) is 1.91. The molecule has 0 rings (SSSR count). The van der Waals surface area contributed by atoms with Crippen LogP contribution in [0.3, 0.4) is 0 Å². The van der Waals surface area contributed by atoms with Crippen LogP contribution in [0.2, 0.25) is 0 Å². The predicted octanol–water partition coefficient (Wildman–Crippen LogP) is 3.86. The molecule has 0 aromatic heterocycles. The van der Waals surface area contributed by atoms with Gasteiger partial charge in [-0.2, -0.15) is 0 Å². The van der Waals surface area contributed by atoms with E-state index in [1.165, 1.54) is 0 Å². The lowest BCUT2D eigenvalue weighted by molar-refractivity contribution is -0.126. The Balaban J connectivity index is 4.22. The van der Waals surface area contributed by atoms with Crippen LogP contribution < -0.4 is 5.32 Å². The molecule has 2 nitrogen and oxygen atoms in total. The average molecular weight is 241 g/mol. The van der Waals surface area contributed by atoms with E-state index in [4.69, 9.17) is 0 Å². The van der Waals surface area contributed by atoms with E-state index in [-0.39, 0.29) is 22.7 Å². The third-order valence-electron chi connectivity index (χ3n) is 2.99. The second kappa shape index (κ2) is 5.88. The highest BCUT2D eigenvalue weighted by atomic mass is 16.1. The minimum Gasteiger partial charge on any atom is -0.355 e. The van der Waals surface area contributed by atoms with Crippen molar-refractivity contribution in [3.05, 3.63) is 0 Å². The summed E-state index contributed by atoms with van der Waals surface area (Å²) in [6.07, 6.45) is 1.08. The van der Waals surface area contributed by atoms with Crippen LogP contribution in [0.15, 0.2) is 0 Å². The van der Waals surface area contributed by atoms with E-state index >= 15 is 0 Å². The number of carbonyl (C=O) groups excluding carboxylic acids is 1. The second-order valence-electron chi connectivity index (χ2n) is 7.81. The Morgan fingerprint density at radius 1 is 1.00 bits per heavy atom. The summed E-state index contributed by atoms with van der Waals surface area (Å²) in [4.78, 5) is 12.0. The summed E-state index contributed by atoms with van der Waals surface area (Å²) in [6.45, 7) is 18.0. The van der Waals surface area contributed by atoms with Gasteiger partial charge in [0.05, 0.1) is 0 Å². The molecule has 0 radical (unpaired) electrons. The molecular formula is C15H31NO. The smallest absolute Gasteiger partial charge is 0.223 e. The number of hydrogen-bond acceptors (Lipinski definition) is 1. The van der Waals surface area contributed by atoms with Crippen molar-refractivity contribution >= 4 is 5.91 Å². The third kappa shape index (κ3) is 8.23. The molecule has 0 heterocycles. The van der Waals surface area contributed by atoms with E-state index in [1.807, 2.05) is 6.92 Å². The van der Waals surface area contributed by atoms with Gasteiger partial charge < -0.3 is 5.32 Å². The Hall–Kier alpha value is -0.530. The van der Waals surface area contributed by atoms with Crippen LogP contribution in [0, 0.1) is 22.7 Å². The van der Waals surface area contributed by atoms with Crippen molar-refractivity contribution in [2.45, 2.75) is 61.8 Å². The van der Waals surface area contributed by atoms with Gasteiger partial charge in [-0.15, -0.1) is 0 Å². The monoisotopic (exact) mass is 241 g/mol. The van der Waals surface area contributed by atoms with Crippen molar-refractivity contribution in [1.82, 2.24) is 5.32 Å². The van der Waals surface area contributed by atoms with E-state index in [9.17, 15) is 4.79 Å². The molecule has 2 atom stereocenters. The van der Waals surface area contributed by atoms with E-state index < -0.39 is 0 Å². The molecule has 0 aliphatic carbocycles. The van der Waals surface area contributed by atoms with Gasteiger partial charge in [-0.3, -0.25) is 4.79 Å².